The highest BCUT2D eigenvalue weighted by Gasteiger charge is 2.49. The van der Waals surface area contributed by atoms with Crippen LogP contribution < -0.4 is 8.92 Å². The van der Waals surface area contributed by atoms with E-state index in [4.69, 9.17) is 32.1 Å². The van der Waals surface area contributed by atoms with Crippen molar-refractivity contribution in [1.82, 2.24) is 4.90 Å². The number of aliphatic carboxylic acids is 1. The van der Waals surface area contributed by atoms with Gasteiger partial charge < -0.3 is 18.9 Å². The lowest BCUT2D eigenvalue weighted by Crippen LogP contribution is -2.45. The van der Waals surface area contributed by atoms with Crippen LogP contribution in [0.5, 0.6) is 11.5 Å². The lowest BCUT2D eigenvalue weighted by atomic mass is 9.63. The number of benzene rings is 2. The zero-order chi connectivity index (χ0) is 33.8. The summed E-state index contributed by atoms with van der Waals surface area (Å²) in [5.41, 5.74) is 1.96. The van der Waals surface area contributed by atoms with E-state index in [1.54, 1.807) is 13.0 Å². The smallest absolute Gasteiger partial charge is 0.339 e. The van der Waals surface area contributed by atoms with E-state index in [0.29, 0.717) is 46.0 Å². The standard InChI is InChI=1S/C34H37Cl2NO8S/c1-6-44-27-14-19(13-22(36)32(27)45-46(42,43)21-9-7-20(35)8-10-21)29-30-23(15-33(2,3)17-25(30)38)37(12-11-28(40)41)24-16-34(4,5)18-26(39)31(24)29/h7-10,13-14,29H,6,11-12,15-18H2,1-5H3,(H,40,41). The van der Waals surface area contributed by atoms with E-state index in [2.05, 4.69) is 0 Å². The second kappa shape index (κ2) is 12.4. The van der Waals surface area contributed by atoms with Crippen LogP contribution in [0.25, 0.3) is 0 Å². The van der Waals surface area contributed by atoms with Crippen molar-refractivity contribution in [3.05, 3.63) is 74.5 Å². The first-order valence-electron chi connectivity index (χ1n) is 15.1. The van der Waals surface area contributed by atoms with Gasteiger partial charge in [-0.05, 0) is 72.6 Å². The number of Topliss-reactive ketones (excluding diaryl/α,β-unsaturated/α-hetero) is 2. The maximum atomic E-state index is 14.0. The molecule has 0 saturated heterocycles. The molecular weight excluding hydrogens is 653 g/mol. The molecule has 12 heteroatoms. The van der Waals surface area contributed by atoms with Crippen molar-refractivity contribution in [2.45, 2.75) is 77.5 Å². The van der Waals surface area contributed by atoms with Gasteiger partial charge in [-0.3, -0.25) is 14.4 Å². The largest absolute Gasteiger partial charge is 0.490 e. The van der Waals surface area contributed by atoms with Crippen LogP contribution in [-0.4, -0.2) is 49.1 Å². The van der Waals surface area contributed by atoms with Crippen molar-refractivity contribution in [3.63, 3.8) is 0 Å². The molecule has 2 aromatic rings. The van der Waals surface area contributed by atoms with Gasteiger partial charge >= 0.3 is 16.1 Å². The molecule has 0 atom stereocenters. The Balaban J connectivity index is 1.71. The van der Waals surface area contributed by atoms with Crippen LogP contribution in [0.15, 0.2) is 63.8 Å². The van der Waals surface area contributed by atoms with Crippen molar-refractivity contribution in [1.29, 1.82) is 0 Å². The summed E-state index contributed by atoms with van der Waals surface area (Å²) in [6, 6.07) is 8.57. The van der Waals surface area contributed by atoms with Crippen molar-refractivity contribution < 1.29 is 36.8 Å². The molecule has 0 saturated carbocycles. The number of carboxylic acid groups (broad SMARTS) is 1. The average molecular weight is 691 g/mol. The molecular formula is C34H37Cl2NO8S. The van der Waals surface area contributed by atoms with Crippen molar-refractivity contribution in [3.8, 4) is 11.5 Å². The van der Waals surface area contributed by atoms with Crippen LogP contribution in [0.2, 0.25) is 10.0 Å². The van der Waals surface area contributed by atoms with Crippen LogP contribution in [0.3, 0.4) is 0 Å². The van der Waals surface area contributed by atoms with Crippen LogP contribution >= 0.6 is 23.2 Å². The maximum absolute atomic E-state index is 14.0. The zero-order valence-electron chi connectivity index (χ0n) is 26.4. The summed E-state index contributed by atoms with van der Waals surface area (Å²) in [5, 5.41) is 9.87. The summed E-state index contributed by atoms with van der Waals surface area (Å²) in [7, 11) is -4.34. The number of halogens is 2. The summed E-state index contributed by atoms with van der Waals surface area (Å²) < 4.78 is 37.8. The molecule has 2 aliphatic carbocycles. The minimum atomic E-state index is -4.34. The van der Waals surface area contributed by atoms with E-state index in [0.717, 1.165) is 0 Å². The van der Waals surface area contributed by atoms with E-state index >= 15 is 0 Å². The molecule has 46 heavy (non-hydrogen) atoms. The highest BCUT2D eigenvalue weighted by Crippen LogP contribution is 2.55. The Morgan fingerprint density at radius 2 is 1.48 bits per heavy atom. The molecule has 0 radical (unpaired) electrons. The predicted molar refractivity (Wildman–Crippen MR) is 174 cm³/mol. The lowest BCUT2D eigenvalue weighted by Gasteiger charge is -2.49. The second-order valence-corrected chi connectivity index (χ2v) is 16.0. The van der Waals surface area contributed by atoms with Gasteiger partial charge in [-0.2, -0.15) is 8.42 Å². The molecule has 1 N–H and O–H groups in total. The van der Waals surface area contributed by atoms with Gasteiger partial charge in [0, 0.05) is 52.9 Å². The molecule has 0 fully saturated rings. The number of ether oxygens (including phenoxy) is 1. The molecule has 9 nitrogen and oxygen atoms in total. The number of hydrogen-bond donors (Lipinski definition) is 1. The first-order valence-corrected chi connectivity index (χ1v) is 17.3. The van der Waals surface area contributed by atoms with Gasteiger partial charge in [0.15, 0.2) is 17.3 Å². The number of nitrogens with zero attached hydrogens (tertiary/aromatic N) is 1. The van der Waals surface area contributed by atoms with Crippen molar-refractivity contribution >= 4 is 50.9 Å². The summed E-state index contributed by atoms with van der Waals surface area (Å²) in [6.45, 7) is 9.97. The monoisotopic (exact) mass is 689 g/mol. The summed E-state index contributed by atoms with van der Waals surface area (Å²) in [6.07, 6.45) is 1.31. The zero-order valence-corrected chi connectivity index (χ0v) is 28.7. The highest BCUT2D eigenvalue weighted by molar-refractivity contribution is 7.87. The Morgan fingerprint density at radius 1 is 0.935 bits per heavy atom. The minimum Gasteiger partial charge on any atom is -0.490 e. The lowest BCUT2D eigenvalue weighted by molar-refractivity contribution is -0.137. The molecule has 5 rings (SSSR count). The van der Waals surface area contributed by atoms with Gasteiger partial charge in [0.05, 0.1) is 18.1 Å². The predicted octanol–water partition coefficient (Wildman–Crippen LogP) is 7.32. The van der Waals surface area contributed by atoms with Crippen LogP contribution in [0, 0.1) is 10.8 Å². The number of carbonyl (C=O) groups is 3. The second-order valence-electron chi connectivity index (χ2n) is 13.6. The first kappa shape index (κ1) is 34.0. The van der Waals surface area contributed by atoms with Gasteiger partial charge in [0.2, 0.25) is 5.75 Å². The molecule has 0 unspecified atom stereocenters. The fraction of sp³-hybridized carbons (Fsp3) is 0.441. The van der Waals surface area contributed by atoms with E-state index < -0.39 is 32.8 Å². The third-order valence-electron chi connectivity index (χ3n) is 8.53. The Kier molecular flexibility index (Phi) is 9.13. The molecule has 2 aromatic carbocycles. The van der Waals surface area contributed by atoms with Gasteiger partial charge in [-0.1, -0.05) is 50.9 Å². The Hall–Kier alpha value is -3.34. The number of allylic oxidation sites excluding steroid dienone is 4. The quantitative estimate of drug-likeness (QED) is 0.269. The Bertz CT molecular complexity index is 1740. The molecule has 0 bridgehead atoms. The third-order valence-corrected chi connectivity index (χ3v) is 10.3. The van der Waals surface area contributed by atoms with Gasteiger partial charge in [-0.25, -0.2) is 0 Å². The molecule has 1 aliphatic heterocycles. The molecule has 0 aromatic heterocycles. The SMILES string of the molecule is CCOc1cc(C2C3=C(CC(C)(C)CC3=O)N(CCC(=O)O)C3=C2C(=O)CC(C)(C)C3)cc(Cl)c1OS(=O)(=O)c1ccc(Cl)cc1. The number of hydrogen-bond acceptors (Lipinski definition) is 8. The maximum Gasteiger partial charge on any atom is 0.339 e. The average Bonchev–Trinajstić information content (AvgIpc) is 2.92. The number of rotatable bonds is 9. The fourth-order valence-electron chi connectivity index (χ4n) is 6.72. The van der Waals surface area contributed by atoms with E-state index in [1.165, 1.54) is 30.3 Å². The Morgan fingerprint density at radius 3 is 1.98 bits per heavy atom. The normalized spacial score (nSPS) is 19.6. The van der Waals surface area contributed by atoms with Crippen molar-refractivity contribution in [2.24, 2.45) is 10.8 Å². The number of carboxylic acids is 1. The molecule has 0 spiro atoms. The highest BCUT2D eigenvalue weighted by atomic mass is 35.5. The molecule has 0 amide bonds. The van der Waals surface area contributed by atoms with Crippen molar-refractivity contribution in [2.75, 3.05) is 13.2 Å². The van der Waals surface area contributed by atoms with E-state index in [1.807, 2.05) is 32.6 Å². The van der Waals surface area contributed by atoms with Gasteiger partial charge in [0.1, 0.15) is 4.90 Å². The summed E-state index contributed by atoms with van der Waals surface area (Å²) >= 11 is 12.7. The van der Waals surface area contributed by atoms with Gasteiger partial charge in [0.25, 0.3) is 0 Å². The number of ketones is 2. The third kappa shape index (κ3) is 6.71. The number of carbonyl (C=O) groups excluding carboxylic acids is 2. The molecule has 246 valence electrons. The first-order chi connectivity index (χ1) is 21.4. The summed E-state index contributed by atoms with van der Waals surface area (Å²) in [4.78, 5) is 41.6. The Labute approximate surface area is 279 Å². The van der Waals surface area contributed by atoms with Crippen LogP contribution in [0.4, 0.5) is 0 Å². The van der Waals surface area contributed by atoms with Crippen LogP contribution in [-0.2, 0) is 24.5 Å². The fourth-order valence-corrected chi connectivity index (χ4v) is 8.10. The molecule has 3 aliphatic rings. The molecule has 1 heterocycles. The van der Waals surface area contributed by atoms with Gasteiger partial charge in [-0.15, -0.1) is 0 Å². The van der Waals surface area contributed by atoms with E-state index in [-0.39, 0.29) is 65.4 Å². The summed E-state index contributed by atoms with van der Waals surface area (Å²) in [5.74, 6) is -2.26. The van der Waals surface area contributed by atoms with Crippen LogP contribution in [0.1, 0.15) is 78.2 Å². The van der Waals surface area contributed by atoms with E-state index in [9.17, 15) is 27.9 Å². The topological polar surface area (TPSA) is 127 Å². The minimum absolute atomic E-state index is 0.0346.